The maximum Gasteiger partial charge on any atom is 0.0330 e. The van der Waals surface area contributed by atoms with Crippen LogP contribution in [0.4, 0.5) is 0 Å². The fraction of sp³-hybridized carbons (Fsp3) is 0.625. The van der Waals surface area contributed by atoms with Gasteiger partial charge >= 0.3 is 0 Å². The Bertz CT molecular complexity index is 379. The number of nitrogens with one attached hydrogen (secondary N) is 1. The van der Waals surface area contributed by atoms with Gasteiger partial charge in [-0.3, -0.25) is 0 Å². The molecule has 0 amide bonds. The molecular weight excluding hydrogens is 333 g/mol. The van der Waals surface area contributed by atoms with Gasteiger partial charge in [0.05, 0.1) is 0 Å². The molecule has 0 saturated heterocycles. The summed E-state index contributed by atoms with van der Waals surface area (Å²) in [6, 6.07) is 7.12. The Morgan fingerprint density at radius 2 is 1.94 bits per heavy atom. The van der Waals surface area contributed by atoms with E-state index in [4.69, 9.17) is 0 Å². The van der Waals surface area contributed by atoms with E-state index in [2.05, 4.69) is 80.7 Å². The van der Waals surface area contributed by atoms with Crippen molar-refractivity contribution >= 4 is 22.6 Å². The second-order valence-electron chi connectivity index (χ2n) is 6.19. The average Bonchev–Trinajstić information content (AvgIpc) is 2.27. The molecule has 1 aromatic carbocycles. The predicted octanol–water partition coefficient (Wildman–Crippen LogP) is 5.08. The summed E-state index contributed by atoms with van der Waals surface area (Å²) in [7, 11) is 0. The normalized spacial score (nSPS) is 13.7. The number of halogens is 1. The number of benzene rings is 1. The molecule has 0 heterocycles. The van der Waals surface area contributed by atoms with Gasteiger partial charge in [-0.05, 0) is 65.4 Å². The van der Waals surface area contributed by atoms with E-state index < -0.39 is 0 Å². The van der Waals surface area contributed by atoms with E-state index >= 15 is 0 Å². The maximum absolute atomic E-state index is 3.63. The molecule has 0 aromatic heterocycles. The van der Waals surface area contributed by atoms with Gasteiger partial charge in [0.1, 0.15) is 0 Å². The lowest BCUT2D eigenvalue weighted by Gasteiger charge is -2.25. The highest BCUT2D eigenvalue weighted by Crippen LogP contribution is 2.30. The first kappa shape index (κ1) is 16.0. The van der Waals surface area contributed by atoms with Crippen molar-refractivity contribution in [2.45, 2.75) is 53.5 Å². The molecule has 1 N–H and O–H groups in total. The Kier molecular flexibility index (Phi) is 6.12. The molecule has 0 aliphatic rings. The monoisotopic (exact) mass is 359 g/mol. The Morgan fingerprint density at radius 3 is 2.50 bits per heavy atom. The molecule has 0 fully saturated rings. The van der Waals surface area contributed by atoms with Gasteiger partial charge in [-0.25, -0.2) is 0 Å². The van der Waals surface area contributed by atoms with Gasteiger partial charge in [-0.15, -0.1) is 0 Å². The van der Waals surface area contributed by atoms with Crippen LogP contribution in [0, 0.1) is 15.9 Å². The molecule has 1 atom stereocenters. The zero-order valence-corrected chi connectivity index (χ0v) is 14.5. The molecule has 1 rings (SSSR count). The van der Waals surface area contributed by atoms with E-state index in [1.807, 2.05) is 0 Å². The Balaban J connectivity index is 2.87. The van der Waals surface area contributed by atoms with Crippen molar-refractivity contribution in [2.24, 2.45) is 5.41 Å². The van der Waals surface area contributed by atoms with Crippen molar-refractivity contribution in [1.82, 2.24) is 5.32 Å². The highest BCUT2D eigenvalue weighted by atomic mass is 127. The summed E-state index contributed by atoms with van der Waals surface area (Å²) in [4.78, 5) is 0. The fourth-order valence-corrected chi connectivity index (χ4v) is 2.87. The van der Waals surface area contributed by atoms with Crippen molar-refractivity contribution in [3.63, 3.8) is 0 Å². The molecule has 0 bridgehead atoms. The first-order valence-corrected chi connectivity index (χ1v) is 7.91. The summed E-state index contributed by atoms with van der Waals surface area (Å²) in [6.07, 6.45) is 2.45. The van der Waals surface area contributed by atoms with Crippen LogP contribution in [0.1, 0.15) is 57.7 Å². The third-order valence-electron chi connectivity index (χ3n) is 3.23. The van der Waals surface area contributed by atoms with Crippen LogP contribution in [0.25, 0.3) is 0 Å². The number of hydrogen-bond donors (Lipinski definition) is 1. The van der Waals surface area contributed by atoms with E-state index in [1.165, 1.54) is 27.5 Å². The summed E-state index contributed by atoms with van der Waals surface area (Å²) >= 11 is 2.48. The molecule has 18 heavy (non-hydrogen) atoms. The van der Waals surface area contributed by atoms with Crippen LogP contribution in [-0.2, 0) is 0 Å². The highest BCUT2D eigenvalue weighted by molar-refractivity contribution is 14.1. The summed E-state index contributed by atoms with van der Waals surface area (Å²) < 4.78 is 1.41. The number of hydrogen-bond acceptors (Lipinski definition) is 1. The van der Waals surface area contributed by atoms with Crippen LogP contribution in [0.5, 0.6) is 0 Å². The van der Waals surface area contributed by atoms with Crippen molar-refractivity contribution in [3.05, 3.63) is 32.9 Å². The predicted molar refractivity (Wildman–Crippen MR) is 89.0 cm³/mol. The van der Waals surface area contributed by atoms with Crippen molar-refractivity contribution < 1.29 is 0 Å². The molecule has 1 unspecified atom stereocenters. The minimum Gasteiger partial charge on any atom is -0.310 e. The lowest BCUT2D eigenvalue weighted by atomic mass is 9.87. The summed E-state index contributed by atoms with van der Waals surface area (Å²) in [6.45, 7) is 12.4. The lowest BCUT2D eigenvalue weighted by Crippen LogP contribution is -2.23. The first-order chi connectivity index (χ1) is 8.35. The molecule has 0 spiro atoms. The molecule has 2 heteroatoms. The third kappa shape index (κ3) is 4.88. The Hall–Kier alpha value is -0.0900. The van der Waals surface area contributed by atoms with Gasteiger partial charge in [-0.2, -0.15) is 0 Å². The second-order valence-corrected chi connectivity index (χ2v) is 7.27. The van der Waals surface area contributed by atoms with E-state index in [-0.39, 0.29) is 0 Å². The Labute approximate surface area is 126 Å². The molecule has 0 aliphatic carbocycles. The maximum atomic E-state index is 3.63. The zero-order valence-electron chi connectivity index (χ0n) is 12.3. The summed E-state index contributed by atoms with van der Waals surface area (Å²) in [5.74, 6) is 0. The van der Waals surface area contributed by atoms with Crippen molar-refractivity contribution in [3.8, 4) is 0 Å². The Morgan fingerprint density at radius 1 is 1.28 bits per heavy atom. The number of rotatable bonds is 5. The van der Waals surface area contributed by atoms with E-state index in [9.17, 15) is 0 Å². The fourth-order valence-electron chi connectivity index (χ4n) is 2.13. The molecule has 0 radical (unpaired) electrons. The minimum atomic E-state index is 0.406. The van der Waals surface area contributed by atoms with Crippen LogP contribution in [0.2, 0.25) is 0 Å². The first-order valence-electron chi connectivity index (χ1n) is 6.83. The second kappa shape index (κ2) is 6.90. The van der Waals surface area contributed by atoms with Gasteiger partial charge in [0, 0.05) is 9.61 Å². The molecular formula is C16H26IN. The lowest BCUT2D eigenvalue weighted by molar-refractivity contribution is 0.333. The van der Waals surface area contributed by atoms with Crippen LogP contribution >= 0.6 is 22.6 Å². The van der Waals surface area contributed by atoms with E-state index in [0.717, 1.165) is 6.54 Å². The van der Waals surface area contributed by atoms with Gasteiger partial charge in [0.2, 0.25) is 0 Å². The number of aryl methyl sites for hydroxylation is 1. The SMILES string of the molecule is CCNC(CCC(C)(C)C)c1cccc(C)c1I. The molecule has 0 aliphatic heterocycles. The standard InChI is InChI=1S/C16H26IN/c1-6-18-14(10-11-16(3,4)5)13-9-7-8-12(2)15(13)17/h7-9,14,18H,6,10-11H2,1-5H3. The average molecular weight is 359 g/mol. The smallest absolute Gasteiger partial charge is 0.0330 e. The summed E-state index contributed by atoms with van der Waals surface area (Å²) in [5.41, 5.74) is 3.25. The highest BCUT2D eigenvalue weighted by Gasteiger charge is 2.18. The minimum absolute atomic E-state index is 0.406. The summed E-state index contributed by atoms with van der Waals surface area (Å²) in [5, 5.41) is 3.63. The van der Waals surface area contributed by atoms with Gasteiger partial charge in [-0.1, -0.05) is 45.9 Å². The zero-order chi connectivity index (χ0) is 13.8. The van der Waals surface area contributed by atoms with E-state index in [0.29, 0.717) is 11.5 Å². The molecule has 102 valence electrons. The van der Waals surface area contributed by atoms with Crippen molar-refractivity contribution in [1.29, 1.82) is 0 Å². The van der Waals surface area contributed by atoms with Crippen LogP contribution < -0.4 is 5.32 Å². The topological polar surface area (TPSA) is 12.0 Å². The van der Waals surface area contributed by atoms with Gasteiger partial charge in [0.25, 0.3) is 0 Å². The van der Waals surface area contributed by atoms with E-state index in [1.54, 1.807) is 0 Å². The third-order valence-corrected chi connectivity index (χ3v) is 4.70. The largest absolute Gasteiger partial charge is 0.310 e. The molecule has 1 aromatic rings. The van der Waals surface area contributed by atoms with Crippen LogP contribution in [0.3, 0.4) is 0 Å². The van der Waals surface area contributed by atoms with Crippen molar-refractivity contribution in [2.75, 3.05) is 6.54 Å². The quantitative estimate of drug-likeness (QED) is 0.724. The van der Waals surface area contributed by atoms with Gasteiger partial charge in [0.15, 0.2) is 0 Å². The van der Waals surface area contributed by atoms with Crippen LogP contribution in [0.15, 0.2) is 18.2 Å². The van der Waals surface area contributed by atoms with Gasteiger partial charge < -0.3 is 5.32 Å². The molecule has 1 nitrogen and oxygen atoms in total. The molecule has 0 saturated carbocycles. The van der Waals surface area contributed by atoms with Crippen LogP contribution in [-0.4, -0.2) is 6.54 Å².